The highest BCUT2D eigenvalue weighted by atomic mass is 32.1. The molecular weight excluding hydrogens is 244 g/mol. The number of likely N-dealkylation sites (tertiary alicyclic amines) is 1. The van der Waals surface area contributed by atoms with E-state index < -0.39 is 0 Å². The molecule has 3 nitrogen and oxygen atoms in total. The van der Waals surface area contributed by atoms with Crippen LogP contribution in [0.1, 0.15) is 37.0 Å². The first-order chi connectivity index (χ1) is 8.84. The summed E-state index contributed by atoms with van der Waals surface area (Å²) in [6.07, 6.45) is 5.99. The minimum absolute atomic E-state index is 0.269. The molecule has 2 fully saturated rings. The van der Waals surface area contributed by atoms with E-state index in [0.717, 1.165) is 19.6 Å². The van der Waals surface area contributed by atoms with E-state index in [4.69, 9.17) is 0 Å². The normalized spacial score (nSPS) is 19.9. The van der Waals surface area contributed by atoms with Crippen molar-refractivity contribution in [2.24, 2.45) is 0 Å². The largest absolute Gasteiger partial charge is 0.325 e. The Morgan fingerprint density at radius 3 is 2.72 bits per heavy atom. The second-order valence-corrected chi connectivity index (χ2v) is 6.30. The van der Waals surface area contributed by atoms with Crippen LogP contribution in [-0.4, -0.2) is 35.0 Å². The predicted molar refractivity (Wildman–Crippen MR) is 73.7 cm³/mol. The van der Waals surface area contributed by atoms with Gasteiger partial charge in [-0.25, -0.2) is 4.79 Å². The maximum Gasteiger partial charge on any atom is 0.320 e. The number of urea groups is 1. The van der Waals surface area contributed by atoms with Crippen LogP contribution in [0.5, 0.6) is 0 Å². The number of piperidine rings is 1. The minimum Gasteiger partial charge on any atom is -0.325 e. The highest BCUT2D eigenvalue weighted by molar-refractivity contribution is 7.09. The fraction of sp³-hybridized carbons (Fsp3) is 0.643. The zero-order chi connectivity index (χ0) is 12.4. The zero-order valence-electron chi connectivity index (χ0n) is 10.7. The van der Waals surface area contributed by atoms with E-state index in [-0.39, 0.29) is 6.03 Å². The van der Waals surface area contributed by atoms with Crippen LogP contribution in [0, 0.1) is 0 Å². The van der Waals surface area contributed by atoms with E-state index in [1.807, 2.05) is 0 Å². The topological polar surface area (TPSA) is 23.6 Å². The molecule has 1 saturated carbocycles. The Hall–Kier alpha value is -1.03. The third-order valence-electron chi connectivity index (χ3n) is 3.77. The summed E-state index contributed by atoms with van der Waals surface area (Å²) in [7, 11) is 0. The maximum atomic E-state index is 12.6. The lowest BCUT2D eigenvalue weighted by Gasteiger charge is -2.33. The summed E-state index contributed by atoms with van der Waals surface area (Å²) >= 11 is 1.75. The highest BCUT2D eigenvalue weighted by Gasteiger charge is 2.35. The molecule has 98 valence electrons. The van der Waals surface area contributed by atoms with E-state index >= 15 is 0 Å². The van der Waals surface area contributed by atoms with Crippen molar-refractivity contribution < 1.29 is 4.79 Å². The van der Waals surface area contributed by atoms with Crippen LogP contribution in [0.4, 0.5) is 4.79 Å². The van der Waals surface area contributed by atoms with Gasteiger partial charge in [0, 0.05) is 24.0 Å². The molecule has 1 saturated heterocycles. The van der Waals surface area contributed by atoms with Crippen LogP contribution in [0.3, 0.4) is 0 Å². The number of carbonyl (C=O) groups excluding carboxylic acids is 1. The minimum atomic E-state index is 0.269. The summed E-state index contributed by atoms with van der Waals surface area (Å²) in [6.45, 7) is 2.71. The zero-order valence-corrected chi connectivity index (χ0v) is 11.5. The third-order valence-corrected chi connectivity index (χ3v) is 4.63. The smallest absolute Gasteiger partial charge is 0.320 e. The van der Waals surface area contributed by atoms with Gasteiger partial charge in [-0.2, -0.15) is 0 Å². The molecule has 0 atom stereocenters. The van der Waals surface area contributed by atoms with Crippen LogP contribution in [0.25, 0.3) is 0 Å². The lowest BCUT2D eigenvalue weighted by atomic mass is 10.1. The Balaban J connectivity index is 1.66. The molecule has 2 amide bonds. The monoisotopic (exact) mass is 264 g/mol. The van der Waals surface area contributed by atoms with Crippen molar-refractivity contribution in [3.05, 3.63) is 22.4 Å². The van der Waals surface area contributed by atoms with Gasteiger partial charge in [-0.1, -0.05) is 6.07 Å². The van der Waals surface area contributed by atoms with Crippen molar-refractivity contribution in [2.75, 3.05) is 13.1 Å². The molecule has 4 heteroatoms. The van der Waals surface area contributed by atoms with Crippen LogP contribution in [-0.2, 0) is 6.54 Å². The molecule has 1 aromatic rings. The van der Waals surface area contributed by atoms with Crippen molar-refractivity contribution in [3.63, 3.8) is 0 Å². The molecule has 0 radical (unpaired) electrons. The van der Waals surface area contributed by atoms with Gasteiger partial charge in [-0.15, -0.1) is 11.3 Å². The fourth-order valence-corrected chi connectivity index (χ4v) is 3.28. The fourth-order valence-electron chi connectivity index (χ4n) is 2.58. The second kappa shape index (κ2) is 5.31. The van der Waals surface area contributed by atoms with E-state index in [1.165, 1.54) is 37.0 Å². The predicted octanol–water partition coefficient (Wildman–Crippen LogP) is 3.32. The first-order valence-corrected chi connectivity index (χ1v) is 7.80. The van der Waals surface area contributed by atoms with Crippen molar-refractivity contribution in [1.82, 2.24) is 9.80 Å². The quantitative estimate of drug-likeness (QED) is 0.821. The van der Waals surface area contributed by atoms with Gasteiger partial charge in [0.15, 0.2) is 0 Å². The first kappa shape index (κ1) is 12.0. The van der Waals surface area contributed by atoms with Crippen molar-refractivity contribution in [1.29, 1.82) is 0 Å². The molecule has 2 aliphatic rings. The van der Waals surface area contributed by atoms with Crippen molar-refractivity contribution >= 4 is 17.4 Å². The SMILES string of the molecule is O=C(N1CCCCC1)N(Cc1cccs1)C1CC1. The molecule has 1 aliphatic heterocycles. The second-order valence-electron chi connectivity index (χ2n) is 5.27. The molecule has 18 heavy (non-hydrogen) atoms. The Bertz CT molecular complexity index is 394. The third kappa shape index (κ3) is 2.69. The molecule has 1 aromatic heterocycles. The van der Waals surface area contributed by atoms with Gasteiger partial charge >= 0.3 is 6.03 Å². The standard InChI is InChI=1S/C14H20N2OS/c17-14(15-8-2-1-3-9-15)16(12-6-7-12)11-13-5-4-10-18-13/h4-5,10,12H,1-3,6-9,11H2. The number of hydrogen-bond donors (Lipinski definition) is 0. The van der Waals surface area contributed by atoms with Gasteiger partial charge in [0.25, 0.3) is 0 Å². The molecular formula is C14H20N2OS. The van der Waals surface area contributed by atoms with Crippen LogP contribution in [0.15, 0.2) is 17.5 Å². The molecule has 2 heterocycles. The molecule has 0 N–H and O–H groups in total. The summed E-state index contributed by atoms with van der Waals surface area (Å²) in [5.74, 6) is 0. The van der Waals surface area contributed by atoms with Crippen molar-refractivity contribution in [2.45, 2.75) is 44.7 Å². The number of rotatable bonds is 3. The summed E-state index contributed by atoms with van der Waals surface area (Å²) in [6, 6.07) is 4.96. The summed E-state index contributed by atoms with van der Waals surface area (Å²) in [5.41, 5.74) is 0. The summed E-state index contributed by atoms with van der Waals surface area (Å²) < 4.78 is 0. The Labute approximate surface area is 112 Å². The maximum absolute atomic E-state index is 12.6. The van der Waals surface area contributed by atoms with Gasteiger partial charge in [-0.05, 0) is 43.6 Å². The van der Waals surface area contributed by atoms with E-state index in [1.54, 1.807) is 11.3 Å². The highest BCUT2D eigenvalue weighted by Crippen LogP contribution is 2.30. The van der Waals surface area contributed by atoms with Gasteiger partial charge in [0.1, 0.15) is 0 Å². The van der Waals surface area contributed by atoms with E-state index in [9.17, 15) is 4.79 Å². The van der Waals surface area contributed by atoms with E-state index in [2.05, 4.69) is 27.3 Å². The van der Waals surface area contributed by atoms with Gasteiger partial charge in [0.2, 0.25) is 0 Å². The average Bonchev–Trinajstić information content (AvgIpc) is 3.13. The Kier molecular flexibility index (Phi) is 3.55. The molecule has 3 rings (SSSR count). The number of thiophene rings is 1. The van der Waals surface area contributed by atoms with Crippen LogP contribution in [0.2, 0.25) is 0 Å². The molecule has 1 aliphatic carbocycles. The molecule has 0 bridgehead atoms. The average molecular weight is 264 g/mol. The van der Waals surface area contributed by atoms with Gasteiger partial charge in [-0.3, -0.25) is 0 Å². The van der Waals surface area contributed by atoms with Crippen LogP contribution >= 0.6 is 11.3 Å². The van der Waals surface area contributed by atoms with E-state index in [0.29, 0.717) is 6.04 Å². The lowest BCUT2D eigenvalue weighted by molar-refractivity contribution is 0.138. The molecule has 0 unspecified atom stereocenters. The number of nitrogens with zero attached hydrogens (tertiary/aromatic N) is 2. The Morgan fingerprint density at radius 1 is 1.33 bits per heavy atom. The Morgan fingerprint density at radius 2 is 2.11 bits per heavy atom. The van der Waals surface area contributed by atoms with Gasteiger partial charge in [0.05, 0.1) is 6.54 Å². The summed E-state index contributed by atoms with van der Waals surface area (Å²) in [4.78, 5) is 18.0. The lowest BCUT2D eigenvalue weighted by Crippen LogP contribution is -2.45. The van der Waals surface area contributed by atoms with Gasteiger partial charge < -0.3 is 9.80 Å². The number of carbonyl (C=O) groups is 1. The summed E-state index contributed by atoms with van der Waals surface area (Å²) in [5, 5.41) is 2.09. The molecule has 0 spiro atoms. The number of hydrogen-bond acceptors (Lipinski definition) is 2. The molecule has 0 aromatic carbocycles. The first-order valence-electron chi connectivity index (χ1n) is 6.92. The van der Waals surface area contributed by atoms with Crippen LogP contribution < -0.4 is 0 Å². The van der Waals surface area contributed by atoms with Crippen molar-refractivity contribution in [3.8, 4) is 0 Å². The number of amides is 2.